The van der Waals surface area contributed by atoms with E-state index in [4.69, 9.17) is 4.42 Å². The third kappa shape index (κ3) is 3.99. The van der Waals surface area contributed by atoms with Crippen LogP contribution in [-0.2, 0) is 6.42 Å². The fourth-order valence-electron chi connectivity index (χ4n) is 3.22. The fraction of sp³-hybridized carbons (Fsp3) is 0.217. The molecule has 0 unspecified atom stereocenters. The molecule has 0 aliphatic rings. The predicted molar refractivity (Wildman–Crippen MR) is 113 cm³/mol. The lowest BCUT2D eigenvalue weighted by molar-refractivity contribution is 0.0926. The topological polar surface area (TPSA) is 55.1 Å². The van der Waals surface area contributed by atoms with Gasteiger partial charge < -0.3 is 9.73 Å². The van der Waals surface area contributed by atoms with Gasteiger partial charge in [0.2, 0.25) is 0 Å². The van der Waals surface area contributed by atoms with Crippen LogP contribution in [0.15, 0.2) is 70.5 Å². The lowest BCUT2D eigenvalue weighted by atomic mass is 10.0. The molecular formula is C23H22N2O2S. The summed E-state index contributed by atoms with van der Waals surface area (Å²) in [4.78, 5) is 18.5. The molecule has 0 bridgehead atoms. The van der Waals surface area contributed by atoms with Crippen molar-refractivity contribution in [3.05, 3.63) is 87.9 Å². The van der Waals surface area contributed by atoms with Crippen molar-refractivity contribution in [1.82, 2.24) is 10.3 Å². The third-order valence-corrected chi connectivity index (χ3v) is 5.65. The van der Waals surface area contributed by atoms with Crippen LogP contribution >= 0.6 is 11.3 Å². The van der Waals surface area contributed by atoms with E-state index >= 15 is 0 Å². The molecule has 4 rings (SSSR count). The zero-order chi connectivity index (χ0) is 19.5. The molecule has 0 fully saturated rings. The van der Waals surface area contributed by atoms with E-state index in [1.807, 2.05) is 47.8 Å². The SMILES string of the molecule is CC(C)[C@@H](NC(=O)c1ccc2nc(Cc3ccccc3)oc2c1)c1cccs1. The first-order chi connectivity index (χ1) is 13.6. The number of thiophene rings is 1. The van der Waals surface area contributed by atoms with Crippen LogP contribution in [0.2, 0.25) is 0 Å². The molecule has 2 aromatic heterocycles. The Morgan fingerprint density at radius 1 is 1.11 bits per heavy atom. The molecule has 0 saturated carbocycles. The Labute approximate surface area is 168 Å². The van der Waals surface area contributed by atoms with Crippen LogP contribution in [0.5, 0.6) is 0 Å². The Bertz CT molecular complexity index is 1070. The van der Waals surface area contributed by atoms with Gasteiger partial charge in [0.05, 0.1) is 6.04 Å². The van der Waals surface area contributed by atoms with Crippen LogP contribution in [0, 0.1) is 5.92 Å². The Morgan fingerprint density at radius 2 is 1.93 bits per heavy atom. The van der Waals surface area contributed by atoms with Crippen molar-refractivity contribution in [1.29, 1.82) is 0 Å². The van der Waals surface area contributed by atoms with E-state index in [2.05, 4.69) is 30.2 Å². The van der Waals surface area contributed by atoms with E-state index in [9.17, 15) is 4.79 Å². The summed E-state index contributed by atoms with van der Waals surface area (Å²) in [6, 6.07) is 19.6. The largest absolute Gasteiger partial charge is 0.440 e. The van der Waals surface area contributed by atoms with Crippen molar-refractivity contribution in [2.75, 3.05) is 0 Å². The lowest BCUT2D eigenvalue weighted by Crippen LogP contribution is -2.31. The van der Waals surface area contributed by atoms with Crippen LogP contribution in [0.3, 0.4) is 0 Å². The Morgan fingerprint density at radius 3 is 2.64 bits per heavy atom. The zero-order valence-electron chi connectivity index (χ0n) is 15.9. The van der Waals surface area contributed by atoms with E-state index in [0.717, 1.165) is 16.0 Å². The molecule has 0 aliphatic carbocycles. The molecule has 5 heteroatoms. The summed E-state index contributed by atoms with van der Waals surface area (Å²) in [5.74, 6) is 0.849. The number of hydrogen-bond acceptors (Lipinski definition) is 4. The Balaban J connectivity index is 1.54. The van der Waals surface area contributed by atoms with E-state index in [0.29, 0.717) is 29.4 Å². The number of carbonyl (C=O) groups excluding carboxylic acids is 1. The minimum absolute atomic E-state index is 0.00781. The molecule has 28 heavy (non-hydrogen) atoms. The van der Waals surface area contributed by atoms with Gasteiger partial charge in [-0.3, -0.25) is 4.79 Å². The Hall–Kier alpha value is -2.92. The van der Waals surface area contributed by atoms with Gasteiger partial charge in [-0.15, -0.1) is 11.3 Å². The highest BCUT2D eigenvalue weighted by Crippen LogP contribution is 2.26. The van der Waals surface area contributed by atoms with Gasteiger partial charge in [0, 0.05) is 16.9 Å². The van der Waals surface area contributed by atoms with Crippen molar-refractivity contribution < 1.29 is 9.21 Å². The maximum atomic E-state index is 12.8. The molecule has 0 spiro atoms. The summed E-state index contributed by atoms with van der Waals surface area (Å²) in [5.41, 5.74) is 3.12. The highest BCUT2D eigenvalue weighted by Gasteiger charge is 2.20. The average Bonchev–Trinajstić information content (AvgIpc) is 3.35. The number of benzene rings is 2. The summed E-state index contributed by atoms with van der Waals surface area (Å²) in [5, 5.41) is 5.19. The van der Waals surface area contributed by atoms with Crippen LogP contribution in [0.4, 0.5) is 0 Å². The van der Waals surface area contributed by atoms with Crippen LogP contribution in [-0.4, -0.2) is 10.9 Å². The summed E-state index contributed by atoms with van der Waals surface area (Å²) in [6.07, 6.45) is 0.630. The fourth-order valence-corrected chi connectivity index (χ4v) is 4.17. The maximum absolute atomic E-state index is 12.8. The van der Waals surface area contributed by atoms with Crippen molar-refractivity contribution in [3.63, 3.8) is 0 Å². The number of aromatic nitrogens is 1. The average molecular weight is 391 g/mol. The number of amides is 1. The first-order valence-electron chi connectivity index (χ1n) is 9.38. The molecular weight excluding hydrogens is 368 g/mol. The Kier molecular flexibility index (Phi) is 5.26. The molecule has 1 N–H and O–H groups in total. The van der Waals surface area contributed by atoms with Gasteiger partial charge in [0.1, 0.15) is 5.52 Å². The van der Waals surface area contributed by atoms with Crippen molar-refractivity contribution in [2.45, 2.75) is 26.3 Å². The number of nitrogens with zero attached hydrogens (tertiary/aromatic N) is 1. The molecule has 142 valence electrons. The number of rotatable bonds is 6. The molecule has 1 atom stereocenters. The lowest BCUT2D eigenvalue weighted by Gasteiger charge is -2.21. The first kappa shape index (κ1) is 18.4. The molecule has 2 aromatic carbocycles. The van der Waals surface area contributed by atoms with Crippen LogP contribution in [0.1, 0.15) is 46.6 Å². The summed E-state index contributed by atoms with van der Waals surface area (Å²) in [6.45, 7) is 4.22. The second-order valence-corrected chi connectivity index (χ2v) is 8.14. The molecule has 2 heterocycles. The molecule has 4 nitrogen and oxygen atoms in total. The minimum atomic E-state index is -0.102. The number of nitrogens with one attached hydrogen (secondary N) is 1. The number of fused-ring (bicyclic) bond motifs is 1. The van der Waals surface area contributed by atoms with Gasteiger partial charge in [0.15, 0.2) is 11.5 Å². The molecule has 0 saturated heterocycles. The van der Waals surface area contributed by atoms with Crippen molar-refractivity contribution in [2.24, 2.45) is 5.92 Å². The second kappa shape index (κ2) is 7.98. The third-order valence-electron chi connectivity index (χ3n) is 4.70. The molecule has 4 aromatic rings. The van der Waals surface area contributed by atoms with E-state index in [-0.39, 0.29) is 11.9 Å². The molecule has 0 radical (unpaired) electrons. The summed E-state index contributed by atoms with van der Waals surface area (Å²) >= 11 is 1.66. The van der Waals surface area contributed by atoms with E-state index < -0.39 is 0 Å². The number of hydrogen-bond donors (Lipinski definition) is 1. The van der Waals surface area contributed by atoms with Crippen molar-refractivity contribution in [3.8, 4) is 0 Å². The monoisotopic (exact) mass is 390 g/mol. The normalized spacial score (nSPS) is 12.4. The van der Waals surface area contributed by atoms with E-state index in [1.165, 1.54) is 0 Å². The minimum Gasteiger partial charge on any atom is -0.440 e. The van der Waals surface area contributed by atoms with E-state index in [1.54, 1.807) is 23.5 Å². The van der Waals surface area contributed by atoms with Gasteiger partial charge in [0.25, 0.3) is 5.91 Å². The summed E-state index contributed by atoms with van der Waals surface area (Å²) < 4.78 is 5.90. The zero-order valence-corrected chi connectivity index (χ0v) is 16.7. The van der Waals surface area contributed by atoms with Crippen molar-refractivity contribution >= 4 is 28.3 Å². The summed E-state index contributed by atoms with van der Waals surface area (Å²) in [7, 11) is 0. The number of carbonyl (C=O) groups is 1. The molecule has 1 amide bonds. The van der Waals surface area contributed by atoms with Gasteiger partial charge in [-0.2, -0.15) is 0 Å². The van der Waals surface area contributed by atoms with Crippen LogP contribution in [0.25, 0.3) is 11.1 Å². The smallest absolute Gasteiger partial charge is 0.251 e. The van der Waals surface area contributed by atoms with Crippen LogP contribution < -0.4 is 5.32 Å². The first-order valence-corrected chi connectivity index (χ1v) is 10.3. The number of oxazole rings is 1. The van der Waals surface area contributed by atoms with Gasteiger partial charge in [-0.05, 0) is 41.1 Å². The second-order valence-electron chi connectivity index (χ2n) is 7.16. The molecule has 0 aliphatic heterocycles. The highest BCUT2D eigenvalue weighted by atomic mass is 32.1. The van der Waals surface area contributed by atoms with Gasteiger partial charge in [-0.1, -0.05) is 50.2 Å². The quantitative estimate of drug-likeness (QED) is 0.466. The van der Waals surface area contributed by atoms with Gasteiger partial charge in [-0.25, -0.2) is 4.98 Å². The highest BCUT2D eigenvalue weighted by molar-refractivity contribution is 7.10. The standard InChI is InChI=1S/C23H22N2O2S/c1-15(2)22(20-9-6-12-28-20)25-23(26)17-10-11-18-19(14-17)27-21(24-18)13-16-7-4-3-5-8-16/h3-12,14-15,22H,13H2,1-2H3,(H,25,26)/t22-/m1/s1. The maximum Gasteiger partial charge on any atom is 0.251 e. The predicted octanol–water partition coefficient (Wildman–Crippen LogP) is 5.61. The van der Waals surface area contributed by atoms with Gasteiger partial charge >= 0.3 is 0 Å².